The first kappa shape index (κ1) is 11.1. The first-order valence-corrected chi connectivity index (χ1v) is 6.18. The molecule has 3 rings (SSSR count). The minimum absolute atomic E-state index is 0.0818. The SMILES string of the molecule is CC1CC1C(=O)Nc1ccc(O)c2ccccc12. The molecule has 1 aliphatic carbocycles. The topological polar surface area (TPSA) is 49.3 Å². The molecule has 18 heavy (non-hydrogen) atoms. The zero-order chi connectivity index (χ0) is 12.7. The molecule has 2 unspecified atom stereocenters. The fourth-order valence-electron chi connectivity index (χ4n) is 2.31. The number of rotatable bonds is 2. The minimum atomic E-state index is 0.0818. The molecule has 2 aromatic rings. The molecule has 0 bridgehead atoms. The van der Waals surface area contributed by atoms with Gasteiger partial charge in [0.2, 0.25) is 5.91 Å². The summed E-state index contributed by atoms with van der Waals surface area (Å²) in [4.78, 5) is 11.9. The highest BCUT2D eigenvalue weighted by atomic mass is 16.3. The van der Waals surface area contributed by atoms with Gasteiger partial charge in [-0.3, -0.25) is 4.79 Å². The van der Waals surface area contributed by atoms with E-state index in [0.717, 1.165) is 22.9 Å². The number of carbonyl (C=O) groups is 1. The maximum atomic E-state index is 11.9. The molecule has 92 valence electrons. The van der Waals surface area contributed by atoms with Crippen LogP contribution in [-0.4, -0.2) is 11.0 Å². The van der Waals surface area contributed by atoms with Crippen LogP contribution >= 0.6 is 0 Å². The Bertz CT molecular complexity index is 621. The van der Waals surface area contributed by atoms with E-state index < -0.39 is 0 Å². The van der Waals surface area contributed by atoms with Crippen LogP contribution in [0.15, 0.2) is 36.4 Å². The van der Waals surface area contributed by atoms with E-state index >= 15 is 0 Å². The van der Waals surface area contributed by atoms with Crippen molar-refractivity contribution in [3.05, 3.63) is 36.4 Å². The molecule has 1 fully saturated rings. The fourth-order valence-corrected chi connectivity index (χ4v) is 2.31. The van der Waals surface area contributed by atoms with Crippen LogP contribution in [-0.2, 0) is 4.79 Å². The van der Waals surface area contributed by atoms with Crippen molar-refractivity contribution in [2.45, 2.75) is 13.3 Å². The van der Waals surface area contributed by atoms with Crippen molar-refractivity contribution >= 4 is 22.4 Å². The van der Waals surface area contributed by atoms with E-state index in [1.54, 1.807) is 12.1 Å². The molecule has 0 saturated heterocycles. The molecule has 1 saturated carbocycles. The maximum Gasteiger partial charge on any atom is 0.227 e. The number of phenols is 1. The summed E-state index contributed by atoms with van der Waals surface area (Å²) in [5.74, 6) is 0.965. The predicted octanol–water partition coefficient (Wildman–Crippen LogP) is 3.14. The summed E-state index contributed by atoms with van der Waals surface area (Å²) in [6.07, 6.45) is 0.974. The summed E-state index contributed by atoms with van der Waals surface area (Å²) in [6, 6.07) is 10.9. The van der Waals surface area contributed by atoms with Crippen molar-refractivity contribution in [3.8, 4) is 5.75 Å². The van der Waals surface area contributed by atoms with Crippen molar-refractivity contribution in [1.82, 2.24) is 0 Å². The molecule has 0 aromatic heterocycles. The average Bonchev–Trinajstić information content (AvgIpc) is 3.10. The Morgan fingerprint density at radius 1 is 1.22 bits per heavy atom. The van der Waals surface area contributed by atoms with Gasteiger partial charge >= 0.3 is 0 Å². The smallest absolute Gasteiger partial charge is 0.227 e. The van der Waals surface area contributed by atoms with Gasteiger partial charge in [0.05, 0.1) is 0 Å². The molecule has 1 amide bonds. The van der Waals surface area contributed by atoms with E-state index in [0.29, 0.717) is 5.92 Å². The van der Waals surface area contributed by atoms with E-state index in [1.807, 2.05) is 24.3 Å². The normalized spacial score (nSPS) is 21.8. The van der Waals surface area contributed by atoms with Crippen LogP contribution in [0.2, 0.25) is 0 Å². The van der Waals surface area contributed by atoms with Gasteiger partial charge in [-0.15, -0.1) is 0 Å². The summed E-state index contributed by atoms with van der Waals surface area (Å²) in [5, 5.41) is 14.4. The number of anilines is 1. The highest BCUT2D eigenvalue weighted by molar-refractivity contribution is 6.05. The Labute approximate surface area is 105 Å². The largest absolute Gasteiger partial charge is 0.507 e. The highest BCUT2D eigenvalue weighted by Gasteiger charge is 2.39. The Balaban J connectivity index is 1.97. The lowest BCUT2D eigenvalue weighted by molar-refractivity contribution is -0.117. The van der Waals surface area contributed by atoms with Gasteiger partial charge < -0.3 is 10.4 Å². The lowest BCUT2D eigenvalue weighted by atomic mass is 10.1. The maximum absolute atomic E-state index is 11.9. The number of fused-ring (bicyclic) bond motifs is 1. The first-order chi connectivity index (χ1) is 8.66. The van der Waals surface area contributed by atoms with Crippen molar-refractivity contribution in [2.75, 3.05) is 5.32 Å². The van der Waals surface area contributed by atoms with E-state index in [9.17, 15) is 9.90 Å². The molecule has 0 spiro atoms. The third-order valence-electron chi connectivity index (χ3n) is 3.61. The van der Waals surface area contributed by atoms with Gasteiger partial charge in [0.15, 0.2) is 0 Å². The summed E-state index contributed by atoms with van der Waals surface area (Å²) >= 11 is 0. The molecule has 2 aromatic carbocycles. The van der Waals surface area contributed by atoms with Gasteiger partial charge in [-0.1, -0.05) is 31.2 Å². The Kier molecular flexibility index (Phi) is 2.47. The van der Waals surface area contributed by atoms with Gasteiger partial charge in [0.1, 0.15) is 5.75 Å². The van der Waals surface area contributed by atoms with Gasteiger partial charge in [-0.05, 0) is 24.5 Å². The molecule has 0 aliphatic heterocycles. The summed E-state index contributed by atoms with van der Waals surface area (Å²) in [6.45, 7) is 2.08. The van der Waals surface area contributed by atoms with E-state index in [4.69, 9.17) is 0 Å². The lowest BCUT2D eigenvalue weighted by Gasteiger charge is -2.09. The molecule has 3 heteroatoms. The third-order valence-corrected chi connectivity index (χ3v) is 3.61. The fraction of sp³-hybridized carbons (Fsp3) is 0.267. The second-order valence-corrected chi connectivity index (χ2v) is 4.99. The number of hydrogen-bond donors (Lipinski definition) is 2. The monoisotopic (exact) mass is 241 g/mol. The Morgan fingerprint density at radius 2 is 1.89 bits per heavy atom. The second kappa shape index (κ2) is 4.02. The van der Waals surface area contributed by atoms with Crippen molar-refractivity contribution in [1.29, 1.82) is 0 Å². The lowest BCUT2D eigenvalue weighted by Crippen LogP contribution is -2.14. The second-order valence-electron chi connectivity index (χ2n) is 4.99. The van der Waals surface area contributed by atoms with E-state index in [2.05, 4.69) is 12.2 Å². The molecular weight excluding hydrogens is 226 g/mol. The van der Waals surface area contributed by atoms with Crippen LogP contribution in [0.1, 0.15) is 13.3 Å². The number of carbonyl (C=O) groups excluding carboxylic acids is 1. The standard InChI is InChI=1S/C15H15NO2/c1-9-8-12(9)15(18)16-13-6-7-14(17)11-5-3-2-4-10(11)13/h2-7,9,12,17H,8H2,1H3,(H,16,18). The number of amides is 1. The van der Waals surface area contributed by atoms with Crippen molar-refractivity contribution in [2.24, 2.45) is 11.8 Å². The van der Waals surface area contributed by atoms with E-state index in [-0.39, 0.29) is 17.6 Å². The summed E-state index contributed by atoms with van der Waals surface area (Å²) < 4.78 is 0. The number of nitrogens with one attached hydrogen (secondary N) is 1. The summed E-state index contributed by atoms with van der Waals surface area (Å²) in [5.41, 5.74) is 0.771. The third kappa shape index (κ3) is 1.82. The van der Waals surface area contributed by atoms with Crippen molar-refractivity contribution in [3.63, 3.8) is 0 Å². The summed E-state index contributed by atoms with van der Waals surface area (Å²) in [7, 11) is 0. The zero-order valence-electron chi connectivity index (χ0n) is 10.2. The quantitative estimate of drug-likeness (QED) is 0.793. The number of phenolic OH excluding ortho intramolecular Hbond substituents is 1. The predicted molar refractivity (Wildman–Crippen MR) is 71.5 cm³/mol. The average molecular weight is 241 g/mol. The molecule has 1 aliphatic rings. The zero-order valence-corrected chi connectivity index (χ0v) is 10.2. The van der Waals surface area contributed by atoms with Crippen LogP contribution in [0, 0.1) is 11.8 Å². The van der Waals surface area contributed by atoms with Gasteiger partial charge in [-0.25, -0.2) is 0 Å². The Morgan fingerprint density at radius 3 is 2.56 bits per heavy atom. The van der Waals surface area contributed by atoms with Crippen LogP contribution in [0.3, 0.4) is 0 Å². The minimum Gasteiger partial charge on any atom is -0.507 e. The number of benzene rings is 2. The molecular formula is C15H15NO2. The molecule has 0 heterocycles. The van der Waals surface area contributed by atoms with Gasteiger partial charge in [0.25, 0.3) is 0 Å². The van der Waals surface area contributed by atoms with Crippen LogP contribution in [0.25, 0.3) is 10.8 Å². The Hall–Kier alpha value is -2.03. The molecule has 2 atom stereocenters. The highest BCUT2D eigenvalue weighted by Crippen LogP contribution is 2.39. The van der Waals surface area contributed by atoms with Gasteiger partial charge in [0, 0.05) is 22.4 Å². The molecule has 3 nitrogen and oxygen atoms in total. The molecule has 2 N–H and O–H groups in total. The van der Waals surface area contributed by atoms with Crippen LogP contribution in [0.4, 0.5) is 5.69 Å². The van der Waals surface area contributed by atoms with Gasteiger partial charge in [-0.2, -0.15) is 0 Å². The van der Waals surface area contributed by atoms with Crippen LogP contribution < -0.4 is 5.32 Å². The van der Waals surface area contributed by atoms with Crippen molar-refractivity contribution < 1.29 is 9.90 Å². The first-order valence-electron chi connectivity index (χ1n) is 6.18. The molecule has 0 radical (unpaired) electrons. The number of hydrogen-bond acceptors (Lipinski definition) is 2. The number of aromatic hydroxyl groups is 1. The van der Waals surface area contributed by atoms with E-state index in [1.165, 1.54) is 0 Å². The van der Waals surface area contributed by atoms with Crippen LogP contribution in [0.5, 0.6) is 5.75 Å².